The summed E-state index contributed by atoms with van der Waals surface area (Å²) in [5.74, 6) is 6.64. The topological polar surface area (TPSA) is 41.9 Å². The number of rotatable bonds is 7. The summed E-state index contributed by atoms with van der Waals surface area (Å²) in [7, 11) is 0. The standard InChI is InChI=1S/C78H47B2NO4/c1-4-22-48(23-5-1)50-40-59(57-30-12-10-28-55(57)52-44-71-75-72(45-52)83-68-37-19-15-33-64(68)79(75)63-32-14-18-36-67(63)82-71)77-61(42-50)62-43-51(49-24-6-2-7-25-49)41-60(78(62)81(77)54-26-8-3-9-27-54)58-31-13-11-29-56(58)53-46-73-76-74(47-53)85-70-39-21-17-35-66(70)80(76)65-34-16-20-38-69(65)84-73/h1-47H. The van der Waals surface area contributed by atoms with E-state index in [1.54, 1.807) is 0 Å². The van der Waals surface area contributed by atoms with Crippen LogP contribution in [0, 0.1) is 0 Å². The van der Waals surface area contributed by atoms with E-state index >= 15 is 0 Å². The summed E-state index contributed by atoms with van der Waals surface area (Å²) in [6, 6.07) is 102. The van der Waals surface area contributed by atoms with Crippen LogP contribution in [0.15, 0.2) is 285 Å². The number of ether oxygens (including phenoxy) is 4. The molecule has 0 N–H and O–H groups in total. The van der Waals surface area contributed by atoms with Gasteiger partial charge >= 0.3 is 0 Å². The molecule has 0 radical (unpaired) electrons. The number of para-hydroxylation sites is 5. The van der Waals surface area contributed by atoms with Crippen molar-refractivity contribution in [3.8, 4) is 118 Å². The molecule has 5 nitrogen and oxygen atoms in total. The van der Waals surface area contributed by atoms with E-state index in [0.29, 0.717) is 0 Å². The van der Waals surface area contributed by atoms with Gasteiger partial charge in [-0.1, -0.05) is 200 Å². The molecular weight excluding hydrogens is 1040 g/mol. The maximum atomic E-state index is 6.93. The first kappa shape index (κ1) is 47.6. The fraction of sp³-hybridized carbons (Fsp3) is 0. The first-order chi connectivity index (χ1) is 42.1. The second kappa shape index (κ2) is 18.8. The molecule has 0 atom stereocenters. The Bertz CT molecular complexity index is 4650. The second-order valence-electron chi connectivity index (χ2n) is 22.5. The number of nitrogens with zero attached hydrogens (tertiary/aromatic N) is 1. The van der Waals surface area contributed by atoms with E-state index in [9.17, 15) is 0 Å². The van der Waals surface area contributed by atoms with E-state index in [2.05, 4.69) is 290 Å². The Morgan fingerprint density at radius 1 is 0.224 bits per heavy atom. The van der Waals surface area contributed by atoms with Crippen molar-refractivity contribution >= 4 is 68.0 Å². The second-order valence-corrected chi connectivity index (χ2v) is 22.5. The van der Waals surface area contributed by atoms with Gasteiger partial charge < -0.3 is 23.5 Å². The molecule has 4 aliphatic heterocycles. The van der Waals surface area contributed by atoms with Crippen molar-refractivity contribution in [2.24, 2.45) is 0 Å². The molecule has 0 saturated heterocycles. The number of benzene rings is 13. The van der Waals surface area contributed by atoms with Gasteiger partial charge in [-0.05, 0) is 162 Å². The summed E-state index contributed by atoms with van der Waals surface area (Å²) < 4.78 is 30.3. The number of aromatic nitrogens is 1. The summed E-state index contributed by atoms with van der Waals surface area (Å²) in [6.07, 6.45) is 0. The highest BCUT2D eigenvalue weighted by molar-refractivity contribution is 6.99. The molecule has 0 fully saturated rings. The van der Waals surface area contributed by atoms with Crippen molar-refractivity contribution in [3.05, 3.63) is 285 Å². The van der Waals surface area contributed by atoms with Crippen molar-refractivity contribution in [1.82, 2.24) is 4.57 Å². The van der Waals surface area contributed by atoms with Crippen molar-refractivity contribution in [1.29, 1.82) is 0 Å². The minimum absolute atomic E-state index is 0.0304. The van der Waals surface area contributed by atoms with E-state index in [4.69, 9.17) is 18.9 Å². The molecule has 1 aromatic heterocycles. The van der Waals surface area contributed by atoms with Crippen molar-refractivity contribution < 1.29 is 18.9 Å². The number of hydrogen-bond donors (Lipinski definition) is 0. The van der Waals surface area contributed by atoms with Crippen LogP contribution in [-0.2, 0) is 0 Å². The van der Waals surface area contributed by atoms with Crippen LogP contribution in [0.1, 0.15) is 0 Å². The molecule has 13 aromatic carbocycles. The highest BCUT2D eigenvalue weighted by atomic mass is 16.5. The van der Waals surface area contributed by atoms with Gasteiger partial charge in [0.15, 0.2) is 0 Å². The van der Waals surface area contributed by atoms with E-state index in [0.717, 1.165) is 173 Å². The maximum Gasteiger partial charge on any atom is 0.260 e. The number of fused-ring (bicyclic) bond motifs is 11. The quantitative estimate of drug-likeness (QED) is 0.149. The van der Waals surface area contributed by atoms with Gasteiger partial charge in [0.1, 0.15) is 46.0 Å². The van der Waals surface area contributed by atoms with Crippen LogP contribution in [0.3, 0.4) is 0 Å². The summed E-state index contributed by atoms with van der Waals surface area (Å²) >= 11 is 0. The highest BCUT2D eigenvalue weighted by Crippen LogP contribution is 2.50. The van der Waals surface area contributed by atoms with Gasteiger partial charge in [-0.25, -0.2) is 0 Å². The lowest BCUT2D eigenvalue weighted by Crippen LogP contribution is -2.57. The Kier molecular flexibility index (Phi) is 10.5. The van der Waals surface area contributed by atoms with Crippen molar-refractivity contribution in [2.75, 3.05) is 0 Å². The van der Waals surface area contributed by atoms with Crippen LogP contribution in [0.5, 0.6) is 46.0 Å². The molecule has 18 rings (SSSR count). The van der Waals surface area contributed by atoms with Gasteiger partial charge in [-0.15, -0.1) is 0 Å². The van der Waals surface area contributed by atoms with E-state index in [1.165, 1.54) is 0 Å². The van der Waals surface area contributed by atoms with E-state index in [1.807, 2.05) is 0 Å². The Morgan fingerprint density at radius 3 is 0.894 bits per heavy atom. The molecule has 394 valence electrons. The highest BCUT2D eigenvalue weighted by Gasteiger charge is 2.42. The molecular formula is C78H47B2NO4. The molecule has 14 aromatic rings. The predicted molar refractivity (Wildman–Crippen MR) is 349 cm³/mol. The number of hydrogen-bond acceptors (Lipinski definition) is 4. The van der Waals surface area contributed by atoms with Crippen LogP contribution < -0.4 is 51.7 Å². The molecule has 0 saturated carbocycles. The van der Waals surface area contributed by atoms with E-state index in [-0.39, 0.29) is 13.4 Å². The molecule has 0 aliphatic carbocycles. The van der Waals surface area contributed by atoms with Gasteiger partial charge in [0.05, 0.1) is 11.0 Å². The fourth-order valence-corrected chi connectivity index (χ4v) is 14.2. The van der Waals surface area contributed by atoms with Gasteiger partial charge in [-0.2, -0.15) is 0 Å². The van der Waals surface area contributed by atoms with Gasteiger partial charge in [0.25, 0.3) is 13.4 Å². The first-order valence-corrected chi connectivity index (χ1v) is 29.1. The zero-order valence-corrected chi connectivity index (χ0v) is 45.9. The molecule has 0 amide bonds. The lowest BCUT2D eigenvalue weighted by Gasteiger charge is -2.33. The molecule has 85 heavy (non-hydrogen) atoms. The van der Waals surface area contributed by atoms with Gasteiger partial charge in [0, 0.05) is 38.5 Å². The largest absolute Gasteiger partial charge is 0.458 e. The van der Waals surface area contributed by atoms with Gasteiger partial charge in [-0.3, -0.25) is 0 Å². The molecule has 7 heteroatoms. The minimum atomic E-state index is -0.0304. The third-order valence-electron chi connectivity index (χ3n) is 17.8. The molecule has 0 bridgehead atoms. The summed E-state index contributed by atoms with van der Waals surface area (Å²) in [4.78, 5) is 0. The van der Waals surface area contributed by atoms with Crippen LogP contribution >= 0.6 is 0 Å². The smallest absolute Gasteiger partial charge is 0.260 e. The zero-order chi connectivity index (χ0) is 55.7. The first-order valence-electron chi connectivity index (χ1n) is 29.1. The zero-order valence-electron chi connectivity index (χ0n) is 45.9. The maximum absolute atomic E-state index is 6.93. The lowest BCUT2D eigenvalue weighted by molar-refractivity contribution is 0.464. The SMILES string of the molecule is c1ccc(-c2cc(-c3ccccc3-c3cc4c5c(c3)Oc3ccccc3B5c3ccccc3O4)c3c(c2)c2cc(-c4ccccc4)cc(-c4ccccc4-c4cc5c6c(c4)Oc4ccccc4B6c4ccccc4O5)c2n3-c2ccccc2)cc1. The van der Waals surface area contributed by atoms with Crippen molar-refractivity contribution in [3.63, 3.8) is 0 Å². The predicted octanol–water partition coefficient (Wildman–Crippen LogP) is 16.2. The summed E-state index contributed by atoms with van der Waals surface area (Å²) in [5.41, 5.74) is 22.8. The third kappa shape index (κ3) is 7.40. The van der Waals surface area contributed by atoms with Crippen LogP contribution in [0.4, 0.5) is 0 Å². The summed E-state index contributed by atoms with van der Waals surface area (Å²) in [5, 5.41) is 2.27. The Hall–Kier alpha value is -11.0. The average molecular weight is 1080 g/mol. The Labute approximate surface area is 492 Å². The molecule has 5 heterocycles. The van der Waals surface area contributed by atoms with Crippen LogP contribution in [0.25, 0.3) is 94.3 Å². The Balaban J connectivity index is 0.913. The normalized spacial score (nSPS) is 12.8. The molecule has 0 spiro atoms. The Morgan fingerprint density at radius 2 is 0.529 bits per heavy atom. The average Bonchev–Trinajstić information content (AvgIpc) is 1.98. The fourth-order valence-electron chi connectivity index (χ4n) is 14.2. The summed E-state index contributed by atoms with van der Waals surface area (Å²) in [6.45, 7) is -0.0607. The lowest BCUT2D eigenvalue weighted by atomic mass is 9.35. The third-order valence-corrected chi connectivity index (χ3v) is 17.8. The van der Waals surface area contributed by atoms with Gasteiger partial charge in [0.2, 0.25) is 0 Å². The molecule has 4 aliphatic rings. The molecule has 0 unspecified atom stereocenters. The monoisotopic (exact) mass is 1080 g/mol. The van der Waals surface area contributed by atoms with Crippen LogP contribution in [-0.4, -0.2) is 18.0 Å². The van der Waals surface area contributed by atoms with Crippen molar-refractivity contribution in [2.45, 2.75) is 0 Å². The van der Waals surface area contributed by atoms with Crippen LogP contribution in [0.2, 0.25) is 0 Å². The van der Waals surface area contributed by atoms with E-state index < -0.39 is 0 Å². The minimum Gasteiger partial charge on any atom is -0.458 e.